The van der Waals surface area contributed by atoms with E-state index in [2.05, 4.69) is 15.3 Å². The van der Waals surface area contributed by atoms with E-state index in [4.69, 9.17) is 23.2 Å². The lowest BCUT2D eigenvalue weighted by Crippen LogP contribution is -2.14. The van der Waals surface area contributed by atoms with Crippen molar-refractivity contribution in [3.63, 3.8) is 0 Å². The average Bonchev–Trinajstić information content (AvgIpc) is 3.22. The SMILES string of the molecule is CC=Cc1cnc2c(NC(=O)c3c(Cl)cccc3Cl)cccc2c1-n1ccnc1. The predicted octanol–water partition coefficient (Wildman–Crippen LogP) is 6.01. The molecule has 144 valence electrons. The molecule has 2 heterocycles. The third-order valence-corrected chi connectivity index (χ3v) is 5.07. The predicted molar refractivity (Wildman–Crippen MR) is 118 cm³/mol. The van der Waals surface area contributed by atoms with E-state index in [9.17, 15) is 4.79 Å². The van der Waals surface area contributed by atoms with Crippen LogP contribution >= 0.6 is 23.2 Å². The standard InChI is InChI=1S/C22H16Cl2N4O/c1-2-5-14-12-26-20-15(21(14)28-11-10-25-13-28)6-3-9-18(20)27-22(29)19-16(23)7-4-8-17(19)24/h2-13H,1H3,(H,27,29). The van der Waals surface area contributed by atoms with Crippen molar-refractivity contribution in [1.29, 1.82) is 0 Å². The number of aromatic nitrogens is 3. The van der Waals surface area contributed by atoms with Gasteiger partial charge in [-0.1, -0.05) is 53.6 Å². The highest BCUT2D eigenvalue weighted by molar-refractivity contribution is 6.40. The summed E-state index contributed by atoms with van der Waals surface area (Å²) in [5, 5.41) is 4.35. The molecule has 0 atom stereocenters. The Morgan fingerprint density at radius 1 is 1.14 bits per heavy atom. The second-order valence-electron chi connectivity index (χ2n) is 6.28. The molecular weight excluding hydrogens is 407 g/mol. The van der Waals surface area contributed by atoms with E-state index < -0.39 is 5.91 Å². The van der Waals surface area contributed by atoms with Gasteiger partial charge in [-0.25, -0.2) is 4.98 Å². The molecule has 0 unspecified atom stereocenters. The molecule has 1 amide bonds. The Labute approximate surface area is 177 Å². The molecule has 29 heavy (non-hydrogen) atoms. The molecule has 2 aromatic carbocycles. The lowest BCUT2D eigenvalue weighted by Gasteiger charge is -2.14. The van der Waals surface area contributed by atoms with Crippen LogP contribution < -0.4 is 5.32 Å². The molecule has 7 heteroatoms. The number of halogens is 2. The van der Waals surface area contributed by atoms with Gasteiger partial charge >= 0.3 is 0 Å². The summed E-state index contributed by atoms with van der Waals surface area (Å²) in [6.45, 7) is 1.95. The minimum atomic E-state index is -0.392. The van der Waals surface area contributed by atoms with Crippen LogP contribution in [-0.4, -0.2) is 20.4 Å². The number of hydrogen-bond acceptors (Lipinski definition) is 3. The Hall–Kier alpha value is -3.15. The molecule has 5 nitrogen and oxygen atoms in total. The number of benzene rings is 2. The van der Waals surface area contributed by atoms with Crippen LogP contribution in [0.2, 0.25) is 10.0 Å². The summed E-state index contributed by atoms with van der Waals surface area (Å²) in [6, 6.07) is 10.6. The molecule has 0 spiro atoms. The first kappa shape index (κ1) is 19.2. The number of hydrogen-bond donors (Lipinski definition) is 1. The van der Waals surface area contributed by atoms with E-state index >= 15 is 0 Å². The van der Waals surface area contributed by atoms with Crippen LogP contribution in [0.15, 0.2) is 67.4 Å². The molecule has 4 rings (SSSR count). The Morgan fingerprint density at radius 2 is 1.90 bits per heavy atom. The number of anilines is 1. The summed E-state index contributed by atoms with van der Waals surface area (Å²) in [5.74, 6) is -0.392. The van der Waals surface area contributed by atoms with Crippen molar-refractivity contribution >= 4 is 51.8 Å². The summed E-state index contributed by atoms with van der Waals surface area (Å²) in [6.07, 6.45) is 11.0. The largest absolute Gasteiger partial charge is 0.320 e. The van der Waals surface area contributed by atoms with Gasteiger partial charge in [0.1, 0.15) is 0 Å². The molecule has 0 aliphatic heterocycles. The van der Waals surface area contributed by atoms with Crippen molar-refractivity contribution in [3.8, 4) is 5.69 Å². The number of nitrogens with one attached hydrogen (secondary N) is 1. The molecule has 0 saturated heterocycles. The van der Waals surface area contributed by atoms with Crippen molar-refractivity contribution < 1.29 is 4.79 Å². The van der Waals surface area contributed by atoms with Gasteiger partial charge in [0.15, 0.2) is 0 Å². The number of carbonyl (C=O) groups excluding carboxylic acids is 1. The number of allylic oxidation sites excluding steroid dienone is 1. The monoisotopic (exact) mass is 422 g/mol. The third-order valence-electron chi connectivity index (χ3n) is 4.44. The van der Waals surface area contributed by atoms with Gasteiger partial charge in [0.25, 0.3) is 5.91 Å². The van der Waals surface area contributed by atoms with Crippen LogP contribution in [0.3, 0.4) is 0 Å². The van der Waals surface area contributed by atoms with Gasteiger partial charge in [0.2, 0.25) is 0 Å². The second-order valence-corrected chi connectivity index (χ2v) is 7.10. The molecule has 0 fully saturated rings. The molecule has 0 bridgehead atoms. The number of nitrogens with zero attached hydrogens (tertiary/aromatic N) is 3. The quantitative estimate of drug-likeness (QED) is 0.437. The Morgan fingerprint density at radius 3 is 2.59 bits per heavy atom. The Balaban J connectivity index is 1.85. The Bertz CT molecular complexity index is 1210. The van der Waals surface area contributed by atoms with Gasteiger partial charge in [-0.15, -0.1) is 0 Å². The van der Waals surface area contributed by atoms with Crippen LogP contribution in [0.1, 0.15) is 22.8 Å². The summed E-state index contributed by atoms with van der Waals surface area (Å²) in [7, 11) is 0. The van der Waals surface area contributed by atoms with Gasteiger partial charge in [0, 0.05) is 29.5 Å². The first-order valence-corrected chi connectivity index (χ1v) is 9.64. The Kier molecular flexibility index (Phi) is 5.34. The van der Waals surface area contributed by atoms with E-state index in [0.717, 1.165) is 16.6 Å². The number of pyridine rings is 1. The van der Waals surface area contributed by atoms with E-state index in [1.807, 2.05) is 42.0 Å². The van der Waals surface area contributed by atoms with Crippen molar-refractivity contribution in [2.45, 2.75) is 6.92 Å². The fourth-order valence-electron chi connectivity index (χ4n) is 3.21. The molecule has 0 saturated carbocycles. The first-order valence-electron chi connectivity index (χ1n) is 8.88. The summed E-state index contributed by atoms with van der Waals surface area (Å²) in [4.78, 5) is 21.6. The number of para-hydroxylation sites is 1. The molecule has 4 aromatic rings. The second kappa shape index (κ2) is 8.07. The lowest BCUT2D eigenvalue weighted by atomic mass is 10.1. The zero-order chi connectivity index (χ0) is 20.4. The van der Waals surface area contributed by atoms with Gasteiger partial charge in [-0.05, 0) is 25.1 Å². The first-order chi connectivity index (χ1) is 14.1. The van der Waals surface area contributed by atoms with Crippen LogP contribution in [0.4, 0.5) is 5.69 Å². The van der Waals surface area contributed by atoms with Crippen LogP contribution in [0.5, 0.6) is 0 Å². The summed E-state index contributed by atoms with van der Waals surface area (Å²) >= 11 is 12.4. The fourth-order valence-corrected chi connectivity index (χ4v) is 3.78. The zero-order valence-electron chi connectivity index (χ0n) is 15.4. The van der Waals surface area contributed by atoms with Gasteiger partial charge in [-0.2, -0.15) is 0 Å². The van der Waals surface area contributed by atoms with Crippen LogP contribution in [0, 0.1) is 0 Å². The van der Waals surface area contributed by atoms with E-state index in [0.29, 0.717) is 11.2 Å². The van der Waals surface area contributed by atoms with E-state index in [-0.39, 0.29) is 15.6 Å². The molecule has 0 radical (unpaired) electrons. The highest BCUT2D eigenvalue weighted by atomic mass is 35.5. The third kappa shape index (κ3) is 3.62. The lowest BCUT2D eigenvalue weighted by molar-refractivity contribution is 0.102. The van der Waals surface area contributed by atoms with Gasteiger partial charge < -0.3 is 9.88 Å². The normalized spacial score (nSPS) is 11.3. The number of amides is 1. The highest BCUT2D eigenvalue weighted by Crippen LogP contribution is 2.31. The van der Waals surface area contributed by atoms with Gasteiger partial charge in [-0.3, -0.25) is 9.78 Å². The topological polar surface area (TPSA) is 59.8 Å². The average molecular weight is 423 g/mol. The zero-order valence-corrected chi connectivity index (χ0v) is 16.9. The van der Waals surface area contributed by atoms with Crippen LogP contribution in [0.25, 0.3) is 22.7 Å². The number of fused-ring (bicyclic) bond motifs is 1. The van der Waals surface area contributed by atoms with Crippen molar-refractivity contribution in [3.05, 3.63) is 88.6 Å². The summed E-state index contributed by atoms with van der Waals surface area (Å²) < 4.78 is 1.93. The minimum Gasteiger partial charge on any atom is -0.320 e. The van der Waals surface area contributed by atoms with Crippen molar-refractivity contribution in [2.24, 2.45) is 0 Å². The molecule has 0 aliphatic carbocycles. The number of rotatable bonds is 4. The molecule has 1 N–H and O–H groups in total. The molecule has 0 aliphatic rings. The van der Waals surface area contributed by atoms with Crippen molar-refractivity contribution in [2.75, 3.05) is 5.32 Å². The summed E-state index contributed by atoms with van der Waals surface area (Å²) in [5.41, 5.74) is 3.32. The van der Waals surface area contributed by atoms with E-state index in [1.165, 1.54) is 0 Å². The van der Waals surface area contributed by atoms with Gasteiger partial charge in [0.05, 0.1) is 38.8 Å². The maximum absolute atomic E-state index is 12.8. The highest BCUT2D eigenvalue weighted by Gasteiger charge is 2.17. The minimum absolute atomic E-state index is 0.230. The molecule has 2 aromatic heterocycles. The molecular formula is C22H16Cl2N4O. The number of carbonyl (C=O) groups is 1. The maximum atomic E-state index is 12.8. The smallest absolute Gasteiger partial charge is 0.258 e. The van der Waals surface area contributed by atoms with E-state index in [1.54, 1.807) is 43.0 Å². The fraction of sp³-hybridized carbons (Fsp3) is 0.0455. The van der Waals surface area contributed by atoms with Crippen molar-refractivity contribution in [1.82, 2.24) is 14.5 Å². The number of imidazole rings is 1. The maximum Gasteiger partial charge on any atom is 0.258 e. The van der Waals surface area contributed by atoms with Crippen LogP contribution in [-0.2, 0) is 0 Å².